The standard InChI is InChI=1S/C13H16O4/c1-3-10(14)17-9-5-13(2)4-7(9)8-6-16-12(15)11(8)13/h3,7-9,11H,1,4-6H2,2H3. The Labute approximate surface area is 100.0 Å². The second-order valence-electron chi connectivity index (χ2n) is 5.68. The van der Waals surface area contributed by atoms with Gasteiger partial charge in [0, 0.05) is 17.9 Å². The normalized spacial score (nSPS) is 46.5. The third-order valence-electron chi connectivity index (χ3n) is 4.68. The maximum atomic E-state index is 11.7. The van der Waals surface area contributed by atoms with Gasteiger partial charge in [-0.2, -0.15) is 0 Å². The predicted octanol–water partition coefficient (Wildman–Crippen LogP) is 1.30. The summed E-state index contributed by atoms with van der Waals surface area (Å²) >= 11 is 0. The molecule has 3 fully saturated rings. The molecule has 2 bridgehead atoms. The fraction of sp³-hybridized carbons (Fsp3) is 0.692. The first kappa shape index (κ1) is 10.8. The lowest BCUT2D eigenvalue weighted by molar-refractivity contribution is -0.148. The third-order valence-corrected chi connectivity index (χ3v) is 4.68. The molecule has 0 spiro atoms. The molecule has 2 saturated carbocycles. The molecule has 3 aliphatic rings. The van der Waals surface area contributed by atoms with Crippen molar-refractivity contribution in [3.8, 4) is 0 Å². The molecule has 92 valence electrons. The highest BCUT2D eigenvalue weighted by Gasteiger charge is 2.65. The van der Waals surface area contributed by atoms with E-state index in [-0.39, 0.29) is 41.2 Å². The average molecular weight is 236 g/mol. The van der Waals surface area contributed by atoms with Gasteiger partial charge in [0.25, 0.3) is 0 Å². The SMILES string of the molecule is C=CC(=O)OC1CC2(C)CC1C1COC(=O)C12. The summed E-state index contributed by atoms with van der Waals surface area (Å²) in [7, 11) is 0. The summed E-state index contributed by atoms with van der Waals surface area (Å²) in [4.78, 5) is 23.0. The zero-order valence-electron chi connectivity index (χ0n) is 9.85. The molecule has 0 aromatic rings. The number of rotatable bonds is 2. The van der Waals surface area contributed by atoms with Crippen molar-refractivity contribution in [1.29, 1.82) is 0 Å². The van der Waals surface area contributed by atoms with E-state index in [1.807, 2.05) is 0 Å². The summed E-state index contributed by atoms with van der Waals surface area (Å²) in [5.41, 5.74) is -0.0466. The summed E-state index contributed by atoms with van der Waals surface area (Å²) in [6, 6.07) is 0. The molecule has 17 heavy (non-hydrogen) atoms. The topological polar surface area (TPSA) is 52.6 Å². The first-order valence-electron chi connectivity index (χ1n) is 6.05. The molecule has 3 rings (SSSR count). The summed E-state index contributed by atoms with van der Waals surface area (Å²) in [6.07, 6.45) is 2.86. The Kier molecular flexibility index (Phi) is 2.12. The van der Waals surface area contributed by atoms with Crippen LogP contribution in [0, 0.1) is 23.2 Å². The van der Waals surface area contributed by atoms with Crippen LogP contribution in [0.3, 0.4) is 0 Å². The van der Waals surface area contributed by atoms with E-state index in [1.54, 1.807) is 0 Å². The van der Waals surface area contributed by atoms with Crippen LogP contribution >= 0.6 is 0 Å². The van der Waals surface area contributed by atoms with Gasteiger partial charge < -0.3 is 9.47 Å². The van der Waals surface area contributed by atoms with Crippen LogP contribution in [0.5, 0.6) is 0 Å². The lowest BCUT2D eigenvalue weighted by Gasteiger charge is -2.33. The van der Waals surface area contributed by atoms with Crippen molar-refractivity contribution in [3.63, 3.8) is 0 Å². The van der Waals surface area contributed by atoms with Gasteiger partial charge in [-0.15, -0.1) is 0 Å². The number of esters is 2. The third kappa shape index (κ3) is 1.36. The van der Waals surface area contributed by atoms with Crippen LogP contribution in [0.15, 0.2) is 12.7 Å². The predicted molar refractivity (Wildman–Crippen MR) is 58.8 cm³/mol. The second kappa shape index (κ2) is 3.34. The van der Waals surface area contributed by atoms with Crippen LogP contribution in [0.25, 0.3) is 0 Å². The quantitative estimate of drug-likeness (QED) is 0.535. The molecule has 4 nitrogen and oxygen atoms in total. The van der Waals surface area contributed by atoms with Gasteiger partial charge in [-0.1, -0.05) is 13.5 Å². The summed E-state index contributed by atoms with van der Waals surface area (Å²) < 4.78 is 10.5. The van der Waals surface area contributed by atoms with E-state index in [1.165, 1.54) is 6.08 Å². The molecule has 0 aromatic heterocycles. The highest BCUT2D eigenvalue weighted by Crippen LogP contribution is 2.63. The highest BCUT2D eigenvalue weighted by molar-refractivity contribution is 5.81. The first-order valence-corrected chi connectivity index (χ1v) is 6.05. The van der Waals surface area contributed by atoms with E-state index >= 15 is 0 Å². The summed E-state index contributed by atoms with van der Waals surface area (Å²) in [6.45, 7) is 6.01. The van der Waals surface area contributed by atoms with Crippen molar-refractivity contribution in [1.82, 2.24) is 0 Å². The fourth-order valence-corrected chi connectivity index (χ4v) is 4.08. The van der Waals surface area contributed by atoms with Crippen LogP contribution in [0.4, 0.5) is 0 Å². The van der Waals surface area contributed by atoms with E-state index < -0.39 is 0 Å². The summed E-state index contributed by atoms with van der Waals surface area (Å²) in [5, 5.41) is 0. The molecular weight excluding hydrogens is 220 g/mol. The Balaban J connectivity index is 1.82. The van der Waals surface area contributed by atoms with E-state index in [0.717, 1.165) is 12.8 Å². The van der Waals surface area contributed by atoms with Gasteiger partial charge in [0.05, 0.1) is 12.5 Å². The van der Waals surface area contributed by atoms with Crippen LogP contribution in [0.2, 0.25) is 0 Å². The first-order chi connectivity index (χ1) is 8.05. The van der Waals surface area contributed by atoms with Crippen LogP contribution < -0.4 is 0 Å². The average Bonchev–Trinajstić information content (AvgIpc) is 2.88. The van der Waals surface area contributed by atoms with Crippen molar-refractivity contribution < 1.29 is 19.1 Å². The molecule has 5 atom stereocenters. The molecule has 0 N–H and O–H groups in total. The smallest absolute Gasteiger partial charge is 0.330 e. The highest BCUT2D eigenvalue weighted by atomic mass is 16.6. The number of cyclic esters (lactones) is 1. The van der Waals surface area contributed by atoms with E-state index in [4.69, 9.17) is 9.47 Å². The largest absolute Gasteiger partial charge is 0.465 e. The molecule has 5 unspecified atom stereocenters. The van der Waals surface area contributed by atoms with Crippen LogP contribution in [0.1, 0.15) is 19.8 Å². The molecular formula is C13H16O4. The molecule has 4 heteroatoms. The number of carbonyl (C=O) groups is 2. The Morgan fingerprint density at radius 3 is 3.00 bits per heavy atom. The Hall–Kier alpha value is -1.32. The summed E-state index contributed by atoms with van der Waals surface area (Å²) in [5.74, 6) is 0.108. The van der Waals surface area contributed by atoms with Gasteiger partial charge in [-0.25, -0.2) is 4.79 Å². The van der Waals surface area contributed by atoms with Crippen molar-refractivity contribution in [2.45, 2.75) is 25.9 Å². The van der Waals surface area contributed by atoms with Gasteiger partial charge in [-0.3, -0.25) is 4.79 Å². The van der Waals surface area contributed by atoms with E-state index in [2.05, 4.69) is 13.5 Å². The monoisotopic (exact) mass is 236 g/mol. The van der Waals surface area contributed by atoms with Gasteiger partial charge >= 0.3 is 11.9 Å². The number of ether oxygens (including phenoxy) is 2. The molecule has 1 saturated heterocycles. The lowest BCUT2D eigenvalue weighted by atomic mass is 9.72. The van der Waals surface area contributed by atoms with Crippen molar-refractivity contribution in [2.75, 3.05) is 6.61 Å². The van der Waals surface area contributed by atoms with Gasteiger partial charge in [0.1, 0.15) is 6.10 Å². The zero-order valence-corrected chi connectivity index (χ0v) is 9.85. The fourth-order valence-electron chi connectivity index (χ4n) is 4.08. The minimum Gasteiger partial charge on any atom is -0.465 e. The van der Waals surface area contributed by atoms with Crippen molar-refractivity contribution >= 4 is 11.9 Å². The number of carbonyl (C=O) groups excluding carboxylic acids is 2. The molecule has 0 amide bonds. The van der Waals surface area contributed by atoms with Crippen molar-refractivity contribution in [2.24, 2.45) is 23.2 Å². The Morgan fingerprint density at radius 2 is 2.29 bits per heavy atom. The number of fused-ring (bicyclic) bond motifs is 5. The molecule has 0 radical (unpaired) electrons. The van der Waals surface area contributed by atoms with Gasteiger partial charge in [0.15, 0.2) is 0 Å². The Bertz CT molecular complexity index is 402. The molecule has 0 aromatic carbocycles. The maximum Gasteiger partial charge on any atom is 0.330 e. The van der Waals surface area contributed by atoms with E-state index in [0.29, 0.717) is 6.61 Å². The molecule has 2 aliphatic carbocycles. The van der Waals surface area contributed by atoms with Crippen LogP contribution in [-0.2, 0) is 19.1 Å². The van der Waals surface area contributed by atoms with Gasteiger partial charge in [0.2, 0.25) is 0 Å². The van der Waals surface area contributed by atoms with Crippen LogP contribution in [-0.4, -0.2) is 24.6 Å². The number of hydrogen-bond donors (Lipinski definition) is 0. The minimum absolute atomic E-state index is 0.0196. The second-order valence-corrected chi connectivity index (χ2v) is 5.68. The van der Waals surface area contributed by atoms with E-state index in [9.17, 15) is 9.59 Å². The molecule has 1 heterocycles. The zero-order chi connectivity index (χ0) is 12.2. The molecule has 1 aliphatic heterocycles. The minimum atomic E-state index is -0.368. The Morgan fingerprint density at radius 1 is 1.53 bits per heavy atom. The van der Waals surface area contributed by atoms with Gasteiger partial charge in [-0.05, 0) is 18.3 Å². The number of hydrogen-bond acceptors (Lipinski definition) is 4. The maximum absolute atomic E-state index is 11.7. The van der Waals surface area contributed by atoms with Crippen molar-refractivity contribution in [3.05, 3.63) is 12.7 Å². The lowest BCUT2D eigenvalue weighted by Crippen LogP contribution is -2.38.